The van der Waals surface area contributed by atoms with Crippen LogP contribution in [0.5, 0.6) is 34.5 Å². The first kappa shape index (κ1) is 76.0. The highest BCUT2D eigenvalue weighted by Crippen LogP contribution is 2.60. The molecule has 0 spiro atoms. The van der Waals surface area contributed by atoms with Crippen molar-refractivity contribution in [3.05, 3.63) is 238 Å². The van der Waals surface area contributed by atoms with Gasteiger partial charge in [0.1, 0.15) is 34.5 Å². The monoisotopic (exact) mass is 1510 g/mol. The summed E-state index contributed by atoms with van der Waals surface area (Å²) in [6.07, 6.45) is -3.39. The van der Waals surface area contributed by atoms with Crippen molar-refractivity contribution in [2.24, 2.45) is 47.3 Å². The van der Waals surface area contributed by atoms with Crippen LogP contribution in [0.2, 0.25) is 0 Å². The molecule has 4 bridgehead atoms. The Morgan fingerprint density at radius 3 is 0.847 bits per heavy atom. The molecule has 4 aliphatic carbocycles. The number of hydrogen-bond donors (Lipinski definition) is 4. The van der Waals surface area contributed by atoms with Gasteiger partial charge in [-0.1, -0.05) is 101 Å². The number of amides is 8. The molecule has 8 atom stereocenters. The van der Waals surface area contributed by atoms with Gasteiger partial charge in [0.2, 0.25) is 29.0 Å². The lowest BCUT2D eigenvalue weighted by molar-refractivity contribution is -0.288. The summed E-state index contributed by atoms with van der Waals surface area (Å²) < 4.78 is 129. The summed E-state index contributed by atoms with van der Waals surface area (Å²) in [7, 11) is 7.95. The minimum atomic E-state index is -6.17. The molecule has 8 amide bonds. The number of halogens is 6. The first-order valence-electron chi connectivity index (χ1n) is 35.6. The van der Waals surface area contributed by atoms with Crippen molar-refractivity contribution in [3.8, 4) is 34.5 Å². The molecule has 6 aliphatic rings. The zero-order valence-corrected chi connectivity index (χ0v) is 61.7. The van der Waals surface area contributed by atoms with E-state index in [-0.39, 0.29) is 86.4 Å². The van der Waals surface area contributed by atoms with Gasteiger partial charge in [0.15, 0.2) is 0 Å². The third kappa shape index (κ3) is 12.8. The summed E-state index contributed by atoms with van der Waals surface area (Å²) in [5.74, 6) is -7.60. The number of fused-ring (bicyclic) bond motifs is 10. The lowest BCUT2D eigenvalue weighted by Crippen LogP contribution is -2.55. The molecule has 4 N–H and O–H groups in total. The summed E-state index contributed by atoms with van der Waals surface area (Å²) in [5.41, 5.74) is -6.81. The molecule has 32 heteroatoms. The molecule has 2 saturated heterocycles. The number of benzene rings is 8. The number of rotatable bonds is 22. The summed E-state index contributed by atoms with van der Waals surface area (Å²) in [6.45, 7) is 7.74. The van der Waals surface area contributed by atoms with Crippen molar-refractivity contribution in [1.82, 2.24) is 0 Å². The third-order valence-electron chi connectivity index (χ3n) is 22.9. The van der Waals surface area contributed by atoms with E-state index in [1.807, 2.05) is 58.0 Å². The van der Waals surface area contributed by atoms with Gasteiger partial charge in [0, 0.05) is 33.1 Å². The second-order valence-corrected chi connectivity index (χ2v) is 29.4. The number of hydrogen-bond acceptors (Lipinski definition) is 14. The van der Waals surface area contributed by atoms with Gasteiger partial charge in [0.05, 0.1) is 57.8 Å². The fourth-order valence-electron chi connectivity index (χ4n) is 16.9. The summed E-state index contributed by atoms with van der Waals surface area (Å²) in [6, 6.07) is 36.0. The predicted molar refractivity (Wildman–Crippen MR) is 416 cm³/mol. The van der Waals surface area contributed by atoms with E-state index in [1.165, 1.54) is 61.4 Å². The van der Waals surface area contributed by atoms with Crippen LogP contribution in [0.4, 0.5) is 60.5 Å². The molecular weight excluding hydrogens is 1440 g/mol. The molecule has 0 radical (unpaired) electrons. The van der Waals surface area contributed by atoms with Crippen LogP contribution in [-0.4, -0.2) is 108 Å². The second-order valence-electron chi connectivity index (χ2n) is 29.4. The first-order valence-corrected chi connectivity index (χ1v) is 35.6. The van der Waals surface area contributed by atoms with Crippen molar-refractivity contribution in [3.63, 3.8) is 0 Å². The van der Waals surface area contributed by atoms with E-state index in [2.05, 4.69) is 21.3 Å². The van der Waals surface area contributed by atoms with E-state index in [0.717, 1.165) is 51.8 Å². The molecule has 20 nitrogen and oxygen atoms in total. The van der Waals surface area contributed by atoms with Crippen LogP contribution >= 0.6 is 0 Å². The van der Waals surface area contributed by atoms with E-state index in [4.69, 9.17) is 27.9 Å². The molecule has 8 aromatic carbocycles. The Hall–Kier alpha value is -11.8. The maximum absolute atomic E-state index is 15.9. The first-order chi connectivity index (χ1) is 52.8. The Morgan fingerprint density at radius 2 is 0.577 bits per heavy atom. The molecule has 2 aliphatic heterocycles. The smallest absolute Gasteiger partial charge is 0.411 e. The maximum atomic E-state index is 15.9. The molecule has 560 valence electrons. The van der Waals surface area contributed by atoms with E-state index in [0.29, 0.717) is 75.3 Å². The zero-order valence-electron chi connectivity index (χ0n) is 61.7. The number of alkyl halides is 6. The quantitative estimate of drug-likeness (QED) is 0.0214. The van der Waals surface area contributed by atoms with Gasteiger partial charge >= 0.3 is 60.6 Å². The van der Waals surface area contributed by atoms with Gasteiger partial charge in [-0.05, 0) is 179 Å². The van der Waals surface area contributed by atoms with Crippen LogP contribution in [0, 0.1) is 47.3 Å². The summed E-state index contributed by atoms with van der Waals surface area (Å²) >= 11 is 0. The normalized spacial score (nSPS) is 20.2. The van der Waals surface area contributed by atoms with Crippen LogP contribution < -0.4 is 59.0 Å². The molecule has 0 aromatic heterocycles. The van der Waals surface area contributed by atoms with Crippen LogP contribution in [-0.2, 0) is 35.4 Å². The number of nitrogens with one attached hydrogen (secondary N) is 4. The summed E-state index contributed by atoms with van der Waals surface area (Å²) in [5, 5.41) is 11.1. The molecule has 4 fully saturated rings. The Morgan fingerprint density at radius 1 is 0.342 bits per heavy atom. The van der Waals surface area contributed by atoms with E-state index in [9.17, 15) is 38.4 Å². The van der Waals surface area contributed by atoms with E-state index >= 15 is 26.3 Å². The number of nitrogens with zero attached hydrogens (tertiary/aromatic N) is 2. The van der Waals surface area contributed by atoms with Gasteiger partial charge in [0.25, 0.3) is 23.6 Å². The van der Waals surface area contributed by atoms with Crippen LogP contribution in [0.1, 0.15) is 115 Å². The van der Waals surface area contributed by atoms with E-state index < -0.39 is 110 Å². The Balaban J connectivity index is 0.667. The van der Waals surface area contributed by atoms with Crippen molar-refractivity contribution in [1.29, 1.82) is 0 Å². The highest BCUT2D eigenvalue weighted by Gasteiger charge is 2.73. The fraction of sp³-hybridized carbons (Fsp3) is 0.241. The van der Waals surface area contributed by atoms with Crippen molar-refractivity contribution in [2.45, 2.75) is 69.1 Å². The fourth-order valence-corrected chi connectivity index (χ4v) is 16.9. The lowest BCUT2D eigenvalue weighted by atomic mass is 9.72. The van der Waals surface area contributed by atoms with Crippen molar-refractivity contribution < 1.29 is 92.6 Å². The predicted octanol–water partition coefficient (Wildman–Crippen LogP) is 8.94. The highest BCUT2D eigenvalue weighted by atomic mass is 19.4. The maximum Gasteiger partial charge on any atom is 0.411 e. The van der Waals surface area contributed by atoms with Crippen LogP contribution in [0.15, 0.2) is 182 Å². The third-order valence-corrected chi connectivity index (χ3v) is 22.9. The van der Waals surface area contributed by atoms with Crippen molar-refractivity contribution in [2.75, 3.05) is 31.1 Å². The number of carbonyl (C=O) groups excluding carboxylic acids is 8. The molecule has 2 heterocycles. The minimum absolute atomic E-state index is 0.0207. The average Bonchev–Trinajstić information content (AvgIpc) is 0.726. The SMILES string of the molecule is BOc1ccc(C(C)(C)c2ccc(OB)c(NC(=O)c3cccc(C(=O)Nc4cc(C(c5ccc(OB)c(N6C(=O)C7C8C=CC(C8)C7C6=O)c5)(C(F)(F)F)C(F)(F)F)ccc4OB)c3)c2)cc1NC(=O)c1cccc(C(=O)Nc2cc(C(C)(C)c3ccc(OB)c(N4C(=O)C5C6C=CC(C6)C5C4=O)c3)ccc2OB)c1. The lowest BCUT2D eigenvalue weighted by Gasteiger charge is -2.39. The molecule has 2 saturated carbocycles. The number of anilines is 6. The van der Waals surface area contributed by atoms with Crippen LogP contribution in [0.25, 0.3) is 0 Å². The summed E-state index contributed by atoms with van der Waals surface area (Å²) in [4.78, 5) is 115. The van der Waals surface area contributed by atoms with Gasteiger partial charge < -0.3 is 49.2 Å². The molecule has 8 aromatic rings. The minimum Gasteiger partial charge on any atom is -0.566 e. The topological polar surface area (TPSA) is 247 Å². The zero-order chi connectivity index (χ0) is 79.3. The van der Waals surface area contributed by atoms with Gasteiger partial charge in [-0.25, -0.2) is 9.80 Å². The number of carbonyl (C=O) groups is 8. The Kier molecular flexibility index (Phi) is 19.5. The largest absolute Gasteiger partial charge is 0.566 e. The van der Waals surface area contributed by atoms with E-state index in [1.54, 1.807) is 84.9 Å². The Bertz CT molecular complexity index is 5240. The highest BCUT2D eigenvalue weighted by molar-refractivity contribution is 6.25. The average molecular weight is 1510 g/mol. The second kappa shape index (κ2) is 28.6. The Labute approximate surface area is 639 Å². The number of allylic oxidation sites excluding steroid dienone is 4. The standard InChI is InChI=1S/C79H70B6F6N6O14/c1-75(2,45-15-21-57(106-80)51(31-45)92-67(98)41-7-5-8-42(29-41)69(100)94-53-33-47(17-23-59(53)108-82)76(3,4)48-18-25-61(110-84)55(35-48)96-71(102)63-37-11-12-38(27-37)64(63)72(96)103)46-16-22-58(107-81)52(32-46)93-68(99)43-9-6-10-44(30-43)70(101)95-54-34-49(19-24-60(54)109-83)77(78(86,87)88,79(89,90)91)50-20-26-62(111-85)56(36-50)97-73(104)65-39-13-14-40(28-39)66(65)74(97)105/h5-26,29-40,63-66H,27-28,80-85H2,1-4H3,(H,92,98)(H,93,99)(H,94,100)(H,95,101). The molecular formula is C79H70B6F6N6O14. The van der Waals surface area contributed by atoms with Crippen molar-refractivity contribution >= 4 is 130 Å². The van der Waals surface area contributed by atoms with Gasteiger partial charge in [-0.2, -0.15) is 26.3 Å². The molecule has 14 rings (SSSR count). The van der Waals surface area contributed by atoms with Gasteiger partial charge in [-0.15, -0.1) is 0 Å². The molecule has 111 heavy (non-hydrogen) atoms. The number of imide groups is 2. The van der Waals surface area contributed by atoms with Gasteiger partial charge in [-0.3, -0.25) is 38.4 Å². The molecule has 8 unspecified atom stereocenters. The van der Waals surface area contributed by atoms with Crippen LogP contribution in [0.3, 0.4) is 0 Å².